The van der Waals surface area contributed by atoms with Gasteiger partial charge in [0.25, 0.3) is 0 Å². The number of aliphatic carboxylic acids is 1. The molecule has 2 rings (SSSR count). The number of piperazine rings is 1. The van der Waals surface area contributed by atoms with E-state index in [0.717, 1.165) is 23.4 Å². The molecule has 0 spiro atoms. The largest absolute Gasteiger partial charge is 0.494 e. The number of carbonyl (C=O) groups is 1. The van der Waals surface area contributed by atoms with Crippen molar-refractivity contribution in [1.29, 1.82) is 0 Å². The Morgan fingerprint density at radius 2 is 2.16 bits per heavy atom. The normalized spacial score (nSPS) is 23.1. The van der Waals surface area contributed by atoms with E-state index in [4.69, 9.17) is 4.74 Å². The Morgan fingerprint density at radius 1 is 1.42 bits per heavy atom. The summed E-state index contributed by atoms with van der Waals surface area (Å²) >= 11 is 0. The Labute approximate surface area is 113 Å². The number of hydrogen-bond acceptors (Lipinski definition) is 4. The lowest BCUT2D eigenvalue weighted by Gasteiger charge is -2.31. The fourth-order valence-corrected chi connectivity index (χ4v) is 2.41. The molecule has 3 N–H and O–H groups in total. The van der Waals surface area contributed by atoms with Gasteiger partial charge in [-0.2, -0.15) is 0 Å². The predicted molar refractivity (Wildman–Crippen MR) is 72.5 cm³/mol. The van der Waals surface area contributed by atoms with Crippen LogP contribution in [0.4, 0.5) is 0 Å². The van der Waals surface area contributed by atoms with Crippen LogP contribution in [0.25, 0.3) is 0 Å². The maximum Gasteiger partial charge on any atom is 0.322 e. The first-order chi connectivity index (χ1) is 9.13. The van der Waals surface area contributed by atoms with Crippen molar-refractivity contribution in [2.75, 3.05) is 19.7 Å². The highest BCUT2D eigenvalue weighted by Crippen LogP contribution is 2.25. The molecule has 2 unspecified atom stereocenters. The minimum atomic E-state index is -0.830. The zero-order valence-electron chi connectivity index (χ0n) is 11.3. The van der Waals surface area contributed by atoms with E-state index in [-0.39, 0.29) is 6.04 Å². The van der Waals surface area contributed by atoms with Crippen LogP contribution in [0.1, 0.15) is 24.1 Å². The average Bonchev–Trinajstić information content (AvgIpc) is 2.41. The maximum absolute atomic E-state index is 11.3. The zero-order chi connectivity index (χ0) is 13.8. The Bertz CT molecular complexity index is 462. The van der Waals surface area contributed by atoms with E-state index in [1.807, 2.05) is 32.0 Å². The number of carboxylic acid groups (broad SMARTS) is 1. The molecule has 0 aliphatic carbocycles. The number of benzene rings is 1. The molecule has 1 aliphatic heterocycles. The summed E-state index contributed by atoms with van der Waals surface area (Å²) in [5.74, 6) is 0.0191. The van der Waals surface area contributed by atoms with Gasteiger partial charge in [-0.1, -0.05) is 12.1 Å². The topological polar surface area (TPSA) is 70.6 Å². The number of rotatable bonds is 4. The maximum atomic E-state index is 11.3. The van der Waals surface area contributed by atoms with Gasteiger partial charge in [-0.15, -0.1) is 0 Å². The van der Waals surface area contributed by atoms with Crippen molar-refractivity contribution in [2.45, 2.75) is 25.9 Å². The second kappa shape index (κ2) is 6.04. The van der Waals surface area contributed by atoms with E-state index < -0.39 is 12.0 Å². The molecule has 5 heteroatoms. The summed E-state index contributed by atoms with van der Waals surface area (Å²) in [6.07, 6.45) is 0. The summed E-state index contributed by atoms with van der Waals surface area (Å²) < 4.78 is 5.50. The van der Waals surface area contributed by atoms with Gasteiger partial charge in [0.05, 0.1) is 12.6 Å². The van der Waals surface area contributed by atoms with E-state index in [2.05, 4.69) is 10.6 Å². The van der Waals surface area contributed by atoms with Gasteiger partial charge in [0, 0.05) is 13.1 Å². The van der Waals surface area contributed by atoms with Crippen molar-refractivity contribution >= 4 is 5.97 Å². The third-order valence-corrected chi connectivity index (χ3v) is 3.31. The molecule has 0 amide bonds. The van der Waals surface area contributed by atoms with Crippen LogP contribution in [-0.4, -0.2) is 36.8 Å². The quantitative estimate of drug-likeness (QED) is 0.759. The summed E-state index contributed by atoms with van der Waals surface area (Å²) in [6.45, 7) is 5.98. The predicted octanol–water partition coefficient (Wildman–Crippen LogP) is 1.08. The van der Waals surface area contributed by atoms with Crippen LogP contribution in [0, 0.1) is 6.92 Å². The summed E-state index contributed by atoms with van der Waals surface area (Å²) in [7, 11) is 0. The molecule has 0 saturated carbocycles. The molecule has 1 saturated heterocycles. The van der Waals surface area contributed by atoms with Crippen molar-refractivity contribution in [3.05, 3.63) is 29.3 Å². The highest BCUT2D eigenvalue weighted by atomic mass is 16.5. The number of aryl methyl sites for hydroxylation is 1. The van der Waals surface area contributed by atoms with Gasteiger partial charge in [0.1, 0.15) is 11.8 Å². The number of carboxylic acids is 1. The molecule has 104 valence electrons. The van der Waals surface area contributed by atoms with E-state index >= 15 is 0 Å². The first-order valence-electron chi connectivity index (χ1n) is 6.56. The van der Waals surface area contributed by atoms with Gasteiger partial charge in [-0.25, -0.2) is 0 Å². The molecule has 0 radical (unpaired) electrons. The van der Waals surface area contributed by atoms with Crippen LogP contribution >= 0.6 is 0 Å². The van der Waals surface area contributed by atoms with Crippen LogP contribution in [0.2, 0.25) is 0 Å². The SMILES string of the molecule is CCOc1ccc(C2NCCNC2C(=O)O)cc1C. The van der Waals surface area contributed by atoms with E-state index in [1.165, 1.54) is 0 Å². The second-order valence-electron chi connectivity index (χ2n) is 4.66. The van der Waals surface area contributed by atoms with Gasteiger partial charge >= 0.3 is 5.97 Å². The van der Waals surface area contributed by atoms with Gasteiger partial charge in [-0.3, -0.25) is 4.79 Å². The summed E-state index contributed by atoms with van der Waals surface area (Å²) in [5.41, 5.74) is 2.00. The van der Waals surface area contributed by atoms with Crippen molar-refractivity contribution in [3.8, 4) is 5.75 Å². The monoisotopic (exact) mass is 264 g/mol. The average molecular weight is 264 g/mol. The molecular weight excluding hydrogens is 244 g/mol. The highest BCUT2D eigenvalue weighted by molar-refractivity contribution is 5.75. The molecule has 1 aromatic rings. The molecule has 0 bridgehead atoms. The van der Waals surface area contributed by atoms with E-state index in [0.29, 0.717) is 13.2 Å². The molecule has 0 aromatic heterocycles. The molecule has 1 aromatic carbocycles. The van der Waals surface area contributed by atoms with Crippen molar-refractivity contribution < 1.29 is 14.6 Å². The first kappa shape index (κ1) is 13.8. The van der Waals surface area contributed by atoms with Gasteiger partial charge in [-0.05, 0) is 31.0 Å². The summed E-state index contributed by atoms with van der Waals surface area (Å²) in [4.78, 5) is 11.3. The highest BCUT2D eigenvalue weighted by Gasteiger charge is 2.31. The molecule has 5 nitrogen and oxygen atoms in total. The molecule has 19 heavy (non-hydrogen) atoms. The minimum Gasteiger partial charge on any atom is -0.494 e. The van der Waals surface area contributed by atoms with Gasteiger partial charge in [0.2, 0.25) is 0 Å². The molecule has 1 heterocycles. The summed E-state index contributed by atoms with van der Waals surface area (Å²) in [5, 5.41) is 15.5. The third-order valence-electron chi connectivity index (χ3n) is 3.31. The minimum absolute atomic E-state index is 0.208. The van der Waals surface area contributed by atoms with Crippen molar-refractivity contribution in [2.24, 2.45) is 0 Å². The van der Waals surface area contributed by atoms with E-state index in [9.17, 15) is 9.90 Å². The zero-order valence-corrected chi connectivity index (χ0v) is 11.3. The van der Waals surface area contributed by atoms with E-state index in [1.54, 1.807) is 0 Å². The Hall–Kier alpha value is -1.59. The standard InChI is InChI=1S/C14H20N2O3/c1-3-19-11-5-4-10(8-9(11)2)12-13(14(17)18)16-7-6-15-12/h4-5,8,12-13,15-16H,3,6-7H2,1-2H3,(H,17,18). The molecule has 1 fully saturated rings. The lowest BCUT2D eigenvalue weighted by atomic mass is 9.96. The number of ether oxygens (including phenoxy) is 1. The smallest absolute Gasteiger partial charge is 0.322 e. The van der Waals surface area contributed by atoms with Crippen LogP contribution in [0.5, 0.6) is 5.75 Å². The lowest BCUT2D eigenvalue weighted by molar-refractivity contribution is -0.140. The number of nitrogens with one attached hydrogen (secondary N) is 2. The Morgan fingerprint density at radius 3 is 2.79 bits per heavy atom. The van der Waals surface area contributed by atoms with Gasteiger partial charge in [0.15, 0.2) is 0 Å². The van der Waals surface area contributed by atoms with Crippen LogP contribution in [-0.2, 0) is 4.79 Å². The number of hydrogen-bond donors (Lipinski definition) is 3. The molecule has 2 atom stereocenters. The fourth-order valence-electron chi connectivity index (χ4n) is 2.41. The third kappa shape index (κ3) is 3.05. The molecule has 1 aliphatic rings. The fraction of sp³-hybridized carbons (Fsp3) is 0.500. The van der Waals surface area contributed by atoms with Crippen LogP contribution in [0.15, 0.2) is 18.2 Å². The Kier molecular flexibility index (Phi) is 4.39. The first-order valence-corrected chi connectivity index (χ1v) is 6.56. The van der Waals surface area contributed by atoms with Crippen molar-refractivity contribution in [3.63, 3.8) is 0 Å². The van der Waals surface area contributed by atoms with Crippen LogP contribution < -0.4 is 15.4 Å². The van der Waals surface area contributed by atoms with Crippen LogP contribution in [0.3, 0.4) is 0 Å². The second-order valence-corrected chi connectivity index (χ2v) is 4.66. The van der Waals surface area contributed by atoms with Gasteiger partial charge < -0.3 is 20.5 Å². The Balaban J connectivity index is 2.24. The van der Waals surface area contributed by atoms with Crippen molar-refractivity contribution in [1.82, 2.24) is 10.6 Å². The lowest BCUT2D eigenvalue weighted by Crippen LogP contribution is -2.54. The molecular formula is C14H20N2O3. The summed E-state index contributed by atoms with van der Waals surface area (Å²) in [6, 6.07) is 5.03.